The molecule has 2 aromatic rings. The van der Waals surface area contributed by atoms with Crippen LogP contribution in [0.1, 0.15) is 70.9 Å². The normalized spacial score (nSPS) is 23.7. The monoisotopic (exact) mass is 449 g/mol. The van der Waals surface area contributed by atoms with Gasteiger partial charge in [-0.05, 0) is 61.1 Å². The summed E-state index contributed by atoms with van der Waals surface area (Å²) in [5, 5.41) is 3.27. The molecule has 1 amide bonds. The molecule has 1 N–H and O–H groups in total. The maximum atomic E-state index is 14.3. The van der Waals surface area contributed by atoms with Crippen LogP contribution in [-0.4, -0.2) is 18.3 Å². The van der Waals surface area contributed by atoms with Crippen molar-refractivity contribution >= 4 is 16.9 Å². The molecule has 1 heterocycles. The van der Waals surface area contributed by atoms with Gasteiger partial charge >= 0.3 is 12.3 Å². The lowest BCUT2D eigenvalue weighted by Gasteiger charge is -2.47. The minimum absolute atomic E-state index is 0.0902. The van der Waals surface area contributed by atoms with Crippen molar-refractivity contribution in [1.29, 1.82) is 0 Å². The number of halogens is 3. The number of fused-ring (bicyclic) bond motifs is 1. The summed E-state index contributed by atoms with van der Waals surface area (Å²) in [6, 6.07) is 7.90. The minimum atomic E-state index is -4.57. The Balaban J connectivity index is 1.82. The van der Waals surface area contributed by atoms with Gasteiger partial charge in [-0.3, -0.25) is 0 Å². The molecule has 1 aliphatic carbocycles. The summed E-state index contributed by atoms with van der Waals surface area (Å²) >= 11 is 0. The van der Waals surface area contributed by atoms with Gasteiger partial charge in [0.2, 0.25) is 0 Å². The maximum absolute atomic E-state index is 14.3. The lowest BCUT2D eigenvalue weighted by Crippen LogP contribution is -2.49. The first kappa shape index (κ1) is 22.7. The van der Waals surface area contributed by atoms with Gasteiger partial charge in [0.05, 0.1) is 5.54 Å². The molecule has 0 unspecified atom stereocenters. The van der Waals surface area contributed by atoms with Crippen LogP contribution in [0.2, 0.25) is 0 Å². The molecule has 0 radical (unpaired) electrons. The standard InChI is InChI=1S/C25H30F3NO3/c1-22(2,3)24(12-6-5-7-13-24)32-19-11-8-16-14-17(23(4)15-31-21(30)29-23)9-10-18(16)20(19)25(26,27)28/h8-11,14H,5-7,12-13,15H2,1-4H3,(H,29,30)/t23-/m1/s1. The van der Waals surface area contributed by atoms with Crippen molar-refractivity contribution in [2.75, 3.05) is 6.61 Å². The molecule has 4 rings (SSSR count). The highest BCUT2D eigenvalue weighted by Gasteiger charge is 2.47. The van der Waals surface area contributed by atoms with E-state index in [1.807, 2.05) is 20.8 Å². The number of carbonyl (C=O) groups is 1. The van der Waals surface area contributed by atoms with Gasteiger partial charge in [0.25, 0.3) is 0 Å². The van der Waals surface area contributed by atoms with Gasteiger partial charge in [-0.25, -0.2) is 4.79 Å². The average Bonchev–Trinajstić information content (AvgIpc) is 3.06. The van der Waals surface area contributed by atoms with Crippen molar-refractivity contribution in [2.24, 2.45) is 5.41 Å². The molecule has 1 saturated carbocycles. The number of ether oxygens (including phenoxy) is 2. The summed E-state index contributed by atoms with van der Waals surface area (Å²) < 4.78 is 54.3. The van der Waals surface area contributed by atoms with E-state index in [0.29, 0.717) is 10.9 Å². The Kier molecular flexibility index (Phi) is 5.37. The summed E-state index contributed by atoms with van der Waals surface area (Å²) in [4.78, 5) is 11.5. The van der Waals surface area contributed by atoms with Gasteiger partial charge in [-0.15, -0.1) is 0 Å². The third-order valence-corrected chi connectivity index (χ3v) is 7.11. The molecular formula is C25H30F3NO3. The van der Waals surface area contributed by atoms with Crippen molar-refractivity contribution in [3.63, 3.8) is 0 Å². The van der Waals surface area contributed by atoms with Crippen molar-refractivity contribution < 1.29 is 27.4 Å². The van der Waals surface area contributed by atoms with Crippen LogP contribution >= 0.6 is 0 Å². The van der Waals surface area contributed by atoms with Crippen LogP contribution in [0.15, 0.2) is 30.3 Å². The maximum Gasteiger partial charge on any atom is 0.420 e. The first-order valence-corrected chi connectivity index (χ1v) is 11.1. The van der Waals surface area contributed by atoms with Crippen LogP contribution in [0.25, 0.3) is 10.8 Å². The molecule has 2 fully saturated rings. The van der Waals surface area contributed by atoms with E-state index in [2.05, 4.69) is 5.32 Å². The Morgan fingerprint density at radius 2 is 1.72 bits per heavy atom. The third-order valence-electron chi connectivity index (χ3n) is 7.11. The number of alkyl carbamates (subject to hydrolysis) is 1. The molecule has 2 aromatic carbocycles. The molecule has 174 valence electrons. The van der Waals surface area contributed by atoms with E-state index in [9.17, 15) is 18.0 Å². The van der Waals surface area contributed by atoms with E-state index in [4.69, 9.17) is 9.47 Å². The highest BCUT2D eigenvalue weighted by molar-refractivity contribution is 5.89. The Bertz CT molecular complexity index is 1040. The van der Waals surface area contributed by atoms with Crippen molar-refractivity contribution in [2.45, 2.75) is 77.1 Å². The lowest BCUT2D eigenvalue weighted by atomic mass is 9.68. The van der Waals surface area contributed by atoms with Crippen LogP contribution in [-0.2, 0) is 16.5 Å². The van der Waals surface area contributed by atoms with E-state index in [0.717, 1.165) is 32.1 Å². The molecule has 0 spiro atoms. The Labute approximate surface area is 186 Å². The Morgan fingerprint density at radius 1 is 1.03 bits per heavy atom. The number of amides is 1. The number of rotatable bonds is 3. The van der Waals surface area contributed by atoms with Crippen molar-refractivity contribution in [3.05, 3.63) is 41.5 Å². The second-order valence-electron chi connectivity index (χ2n) is 10.3. The van der Waals surface area contributed by atoms with Crippen molar-refractivity contribution in [3.8, 4) is 5.75 Å². The highest BCUT2D eigenvalue weighted by Crippen LogP contribution is 2.49. The number of hydrogen-bond donors (Lipinski definition) is 1. The summed E-state index contributed by atoms with van der Waals surface area (Å²) in [5.74, 6) is -0.113. The number of benzene rings is 2. The zero-order valence-electron chi connectivity index (χ0n) is 19.0. The Hall–Kier alpha value is -2.44. The van der Waals surface area contributed by atoms with Crippen LogP contribution < -0.4 is 10.1 Å². The number of hydrogen-bond acceptors (Lipinski definition) is 3. The zero-order valence-corrected chi connectivity index (χ0v) is 19.0. The molecule has 0 bridgehead atoms. The summed E-state index contributed by atoms with van der Waals surface area (Å²) in [7, 11) is 0. The van der Waals surface area contributed by atoms with E-state index in [-0.39, 0.29) is 23.2 Å². The second-order valence-corrected chi connectivity index (χ2v) is 10.3. The fourth-order valence-corrected chi connectivity index (χ4v) is 5.03. The van der Waals surface area contributed by atoms with Gasteiger partial charge in [-0.2, -0.15) is 13.2 Å². The zero-order chi connectivity index (χ0) is 23.4. The summed E-state index contributed by atoms with van der Waals surface area (Å²) in [6.45, 7) is 8.03. The molecule has 1 atom stereocenters. The quantitative estimate of drug-likeness (QED) is 0.552. The molecule has 2 aliphatic rings. The van der Waals surface area contributed by atoms with Crippen LogP contribution in [0.3, 0.4) is 0 Å². The molecule has 0 aromatic heterocycles. The molecule has 1 saturated heterocycles. The fraction of sp³-hybridized carbons (Fsp3) is 0.560. The minimum Gasteiger partial charge on any atom is -0.486 e. The van der Waals surface area contributed by atoms with Gasteiger partial charge in [-0.1, -0.05) is 45.4 Å². The van der Waals surface area contributed by atoms with Crippen LogP contribution in [0.4, 0.5) is 18.0 Å². The number of carbonyl (C=O) groups excluding carboxylic acids is 1. The van der Waals surface area contributed by atoms with Gasteiger partial charge in [0.1, 0.15) is 23.5 Å². The highest BCUT2D eigenvalue weighted by atomic mass is 19.4. The fourth-order valence-electron chi connectivity index (χ4n) is 5.03. The van der Waals surface area contributed by atoms with Crippen LogP contribution in [0, 0.1) is 5.41 Å². The molecule has 7 heteroatoms. The van der Waals surface area contributed by atoms with E-state index in [1.165, 1.54) is 12.1 Å². The Morgan fingerprint density at radius 3 is 2.28 bits per heavy atom. The molecule has 4 nitrogen and oxygen atoms in total. The molecule has 1 aliphatic heterocycles. The van der Waals surface area contributed by atoms with Crippen molar-refractivity contribution in [1.82, 2.24) is 5.32 Å². The number of nitrogens with one attached hydrogen (secondary N) is 1. The van der Waals surface area contributed by atoms with Crippen LogP contribution in [0.5, 0.6) is 5.75 Å². The average molecular weight is 450 g/mol. The molecule has 32 heavy (non-hydrogen) atoms. The van der Waals surface area contributed by atoms with E-state index < -0.39 is 29.0 Å². The lowest BCUT2D eigenvalue weighted by molar-refractivity contribution is -0.141. The summed E-state index contributed by atoms with van der Waals surface area (Å²) in [6.07, 6.45) is -0.659. The summed E-state index contributed by atoms with van der Waals surface area (Å²) in [5.41, 5.74) is -1.77. The first-order valence-electron chi connectivity index (χ1n) is 11.1. The molecular weight excluding hydrogens is 419 g/mol. The predicted octanol–water partition coefficient (Wildman–Crippen LogP) is 6.94. The first-order chi connectivity index (χ1) is 14.8. The van der Waals surface area contributed by atoms with E-state index >= 15 is 0 Å². The van der Waals surface area contributed by atoms with Gasteiger partial charge < -0.3 is 14.8 Å². The second kappa shape index (κ2) is 7.56. The van der Waals surface area contributed by atoms with Gasteiger partial charge in [0.15, 0.2) is 0 Å². The number of cyclic esters (lactones) is 1. The third kappa shape index (κ3) is 3.90. The largest absolute Gasteiger partial charge is 0.486 e. The van der Waals surface area contributed by atoms with Gasteiger partial charge in [0, 0.05) is 5.41 Å². The topological polar surface area (TPSA) is 47.6 Å². The SMILES string of the molecule is CC(C)(C)C1(Oc2ccc3cc([C@@]4(C)COC(=O)N4)ccc3c2C(F)(F)F)CCCCC1. The van der Waals surface area contributed by atoms with E-state index in [1.54, 1.807) is 25.1 Å². The number of alkyl halides is 3. The smallest absolute Gasteiger partial charge is 0.420 e. The predicted molar refractivity (Wildman–Crippen MR) is 117 cm³/mol.